The molecule has 0 fully saturated rings. The van der Waals surface area contributed by atoms with E-state index in [1.807, 2.05) is 12.1 Å². The van der Waals surface area contributed by atoms with Gasteiger partial charge in [-0.3, -0.25) is 9.11 Å². The number of hydrogen-bond acceptors (Lipinski definition) is 10. The molecule has 0 aliphatic heterocycles. The van der Waals surface area contributed by atoms with Crippen LogP contribution in [0, 0.1) is 13.8 Å². The van der Waals surface area contributed by atoms with Gasteiger partial charge in [-0.05, 0) is 83.3 Å². The molecule has 2 N–H and O–H groups in total. The van der Waals surface area contributed by atoms with Crippen LogP contribution in [0.1, 0.15) is 11.1 Å². The van der Waals surface area contributed by atoms with Crippen molar-refractivity contribution in [1.82, 2.24) is 0 Å². The van der Waals surface area contributed by atoms with Gasteiger partial charge in [0.15, 0.2) is 0 Å². The zero-order valence-corrected chi connectivity index (χ0v) is 26.8. The van der Waals surface area contributed by atoms with E-state index >= 15 is 0 Å². The van der Waals surface area contributed by atoms with Crippen molar-refractivity contribution in [2.45, 2.75) is 23.6 Å². The number of fused-ring (bicyclic) bond motifs is 2. The Hall–Kier alpha value is -5.54. The van der Waals surface area contributed by atoms with Crippen molar-refractivity contribution in [3.63, 3.8) is 0 Å². The first-order chi connectivity index (χ1) is 22.7. The average molecular weight is 681 g/mol. The van der Waals surface area contributed by atoms with E-state index in [0.29, 0.717) is 22.5 Å². The van der Waals surface area contributed by atoms with Crippen molar-refractivity contribution in [1.29, 1.82) is 0 Å². The number of nitrogens with zero attached hydrogens (tertiary/aromatic N) is 4. The van der Waals surface area contributed by atoms with Crippen LogP contribution >= 0.6 is 0 Å². The van der Waals surface area contributed by atoms with E-state index in [2.05, 4.69) is 20.5 Å². The Morgan fingerprint density at radius 3 is 1.15 bits per heavy atom. The predicted molar refractivity (Wildman–Crippen MR) is 176 cm³/mol. The Morgan fingerprint density at radius 2 is 0.812 bits per heavy atom. The second kappa shape index (κ2) is 12.2. The van der Waals surface area contributed by atoms with Crippen LogP contribution in [-0.2, 0) is 20.2 Å². The maximum absolute atomic E-state index is 13.0. The van der Waals surface area contributed by atoms with Crippen LogP contribution in [0.25, 0.3) is 32.7 Å². The first kappa shape index (κ1) is 32.4. The molecule has 0 bridgehead atoms. The molecule has 48 heavy (non-hydrogen) atoms. The molecule has 0 unspecified atom stereocenters. The molecule has 0 atom stereocenters. The van der Waals surface area contributed by atoms with Gasteiger partial charge < -0.3 is 10.2 Å². The molecular formula is C34H24N4O8S2-2. The van der Waals surface area contributed by atoms with Crippen molar-refractivity contribution in [3.05, 3.63) is 108 Å². The van der Waals surface area contributed by atoms with Gasteiger partial charge in [0.1, 0.15) is 9.79 Å². The molecule has 0 amide bonds. The van der Waals surface area contributed by atoms with Gasteiger partial charge in [-0.2, -0.15) is 37.3 Å². The number of rotatable bonds is 7. The van der Waals surface area contributed by atoms with Crippen molar-refractivity contribution in [2.24, 2.45) is 20.5 Å². The summed E-state index contributed by atoms with van der Waals surface area (Å²) >= 11 is 0. The fourth-order valence-electron chi connectivity index (χ4n) is 5.29. The fourth-order valence-corrected chi connectivity index (χ4v) is 6.72. The molecule has 0 aliphatic carbocycles. The van der Waals surface area contributed by atoms with Crippen molar-refractivity contribution in [2.75, 3.05) is 0 Å². The molecule has 12 nitrogen and oxygen atoms in total. The minimum atomic E-state index is -4.64. The molecule has 0 saturated carbocycles. The summed E-state index contributed by atoms with van der Waals surface area (Å²) < 4.78 is 67.4. The topological polar surface area (TPSA) is 204 Å². The Bertz CT molecular complexity index is 2390. The minimum absolute atomic E-state index is 0.0839. The summed E-state index contributed by atoms with van der Waals surface area (Å²) in [5, 5.41) is 42.7. The highest BCUT2D eigenvalue weighted by Gasteiger charge is 2.18. The van der Waals surface area contributed by atoms with Gasteiger partial charge in [0.2, 0.25) is 0 Å². The van der Waals surface area contributed by atoms with Gasteiger partial charge in [0, 0.05) is 10.8 Å². The maximum Gasteiger partial charge on any atom is 0.295 e. The molecule has 0 radical (unpaired) electrons. The third kappa shape index (κ3) is 6.24. The van der Waals surface area contributed by atoms with Gasteiger partial charge >= 0.3 is 0 Å². The SMILES string of the molecule is Cc1cc(-c2ccc(N=Nc3cc(S(=O)(=O)O)c4ccccc4c3[O-])c(C)c2)ccc1N=Nc1cc(S(=O)(=O)O)c2ccccc2c1[O-]. The predicted octanol–water partition coefficient (Wildman–Crippen LogP) is 7.75. The molecular weight excluding hydrogens is 657 g/mol. The maximum atomic E-state index is 13.0. The van der Waals surface area contributed by atoms with Crippen molar-refractivity contribution in [3.8, 4) is 22.6 Å². The monoisotopic (exact) mass is 680 g/mol. The molecule has 6 aromatic rings. The average Bonchev–Trinajstić information content (AvgIpc) is 3.04. The van der Waals surface area contributed by atoms with E-state index in [-0.39, 0.29) is 32.9 Å². The fraction of sp³-hybridized carbons (Fsp3) is 0.0588. The largest absolute Gasteiger partial charge is 0.871 e. The molecule has 242 valence electrons. The molecule has 6 rings (SSSR count). The van der Waals surface area contributed by atoms with E-state index in [9.17, 15) is 36.2 Å². The van der Waals surface area contributed by atoms with Crippen LogP contribution in [0.15, 0.2) is 127 Å². The third-order valence-electron chi connectivity index (χ3n) is 7.69. The molecule has 0 saturated heterocycles. The van der Waals surface area contributed by atoms with E-state index in [0.717, 1.165) is 23.3 Å². The van der Waals surface area contributed by atoms with E-state index in [1.165, 1.54) is 24.3 Å². The lowest BCUT2D eigenvalue weighted by molar-refractivity contribution is -0.265. The van der Waals surface area contributed by atoms with Gasteiger partial charge in [0.05, 0.1) is 22.7 Å². The summed E-state index contributed by atoms with van der Waals surface area (Å²) in [7, 11) is -9.27. The lowest BCUT2D eigenvalue weighted by atomic mass is 10.0. The highest BCUT2D eigenvalue weighted by atomic mass is 32.2. The summed E-state index contributed by atoms with van der Waals surface area (Å²) in [5.41, 5.74) is 3.40. The summed E-state index contributed by atoms with van der Waals surface area (Å²) in [6.07, 6.45) is 0. The second-order valence-corrected chi connectivity index (χ2v) is 13.7. The first-order valence-electron chi connectivity index (χ1n) is 14.2. The molecule has 14 heteroatoms. The molecule has 0 spiro atoms. The van der Waals surface area contributed by atoms with Crippen LogP contribution in [0.2, 0.25) is 0 Å². The molecule has 0 aromatic heterocycles. The highest BCUT2D eigenvalue weighted by molar-refractivity contribution is 7.86. The molecule has 6 aromatic carbocycles. The smallest absolute Gasteiger partial charge is 0.295 e. The third-order valence-corrected chi connectivity index (χ3v) is 9.48. The van der Waals surface area contributed by atoms with Crippen LogP contribution in [0.5, 0.6) is 11.5 Å². The summed E-state index contributed by atoms with van der Waals surface area (Å²) in [6.45, 7) is 3.58. The Morgan fingerprint density at radius 1 is 0.479 bits per heavy atom. The lowest BCUT2D eigenvalue weighted by Crippen LogP contribution is -2.01. The van der Waals surface area contributed by atoms with Crippen molar-refractivity contribution >= 4 is 64.5 Å². The Kier molecular flexibility index (Phi) is 8.26. The number of benzene rings is 6. The number of aryl methyl sites for hydroxylation is 2. The summed E-state index contributed by atoms with van der Waals surface area (Å²) in [4.78, 5) is -0.878. The van der Waals surface area contributed by atoms with Gasteiger partial charge in [-0.25, -0.2) is 0 Å². The van der Waals surface area contributed by atoms with Crippen LogP contribution in [0.4, 0.5) is 22.7 Å². The van der Waals surface area contributed by atoms with Crippen LogP contribution < -0.4 is 10.2 Å². The highest BCUT2D eigenvalue weighted by Crippen LogP contribution is 2.40. The molecule has 0 heterocycles. The second-order valence-electron chi connectivity index (χ2n) is 10.9. The van der Waals surface area contributed by atoms with E-state index in [4.69, 9.17) is 0 Å². The summed E-state index contributed by atoms with van der Waals surface area (Å²) in [6, 6.07) is 24.7. The Balaban J connectivity index is 1.28. The zero-order chi connectivity index (χ0) is 34.4. The number of azo groups is 2. The van der Waals surface area contributed by atoms with E-state index < -0.39 is 41.5 Å². The lowest BCUT2D eigenvalue weighted by Gasteiger charge is -2.16. The van der Waals surface area contributed by atoms with Crippen molar-refractivity contribution < 1.29 is 36.2 Å². The Labute approximate surface area is 274 Å². The van der Waals surface area contributed by atoms with Crippen LogP contribution in [0.3, 0.4) is 0 Å². The van der Waals surface area contributed by atoms with Crippen LogP contribution in [-0.4, -0.2) is 25.9 Å². The quantitative estimate of drug-likeness (QED) is 0.126. The van der Waals surface area contributed by atoms with Gasteiger partial charge in [0.25, 0.3) is 20.2 Å². The summed E-state index contributed by atoms with van der Waals surface area (Å²) in [5.74, 6) is -1.07. The molecule has 0 aliphatic rings. The minimum Gasteiger partial charge on any atom is -0.871 e. The first-order valence-corrected chi connectivity index (χ1v) is 17.1. The van der Waals surface area contributed by atoms with Gasteiger partial charge in [-0.15, -0.1) is 0 Å². The standard InChI is InChI=1S/C34H26N4O8S2/c1-19-15-21(11-13-27(19)35-37-29-17-31(47(41,42)43)23-7-3-5-9-25(23)33(29)39)22-12-14-28(20(2)16-22)36-38-30-18-32(48(44,45)46)24-8-4-6-10-26(24)34(30)40/h3-18,39-40H,1-2H3,(H,41,42,43)(H,44,45,46)/p-2. The number of hydrogen-bond donors (Lipinski definition) is 2. The van der Waals surface area contributed by atoms with E-state index in [1.54, 1.807) is 62.4 Å². The normalized spacial score (nSPS) is 12.5. The zero-order valence-electron chi connectivity index (χ0n) is 25.2. The van der Waals surface area contributed by atoms with Gasteiger partial charge in [-0.1, -0.05) is 72.2 Å².